The summed E-state index contributed by atoms with van der Waals surface area (Å²) < 4.78 is 39.3. The fraction of sp³-hybridized carbons (Fsp3) is 0.150. The standard InChI is InChI=1S/C20H17F3N4O2/c1-12-7-9-13(10-8-12)18(28)24-15-6-4-3-5-14(15)19(29)25-17-11-16(20(21,22)23)26-27(17)2/h3-11H,1-2H3,(H,24,28)(H,25,29). The molecule has 1 aromatic heterocycles. The second-order valence-electron chi connectivity index (χ2n) is 6.36. The zero-order valence-corrected chi connectivity index (χ0v) is 15.5. The molecule has 0 atom stereocenters. The molecular formula is C20H17F3N4O2. The number of aryl methyl sites for hydroxylation is 2. The SMILES string of the molecule is Cc1ccc(C(=O)Nc2ccccc2C(=O)Nc2cc(C(F)(F)F)nn2C)cc1. The van der Waals surface area contributed by atoms with Gasteiger partial charge in [0.15, 0.2) is 5.69 Å². The lowest BCUT2D eigenvalue weighted by atomic mass is 10.1. The van der Waals surface area contributed by atoms with E-state index in [4.69, 9.17) is 0 Å². The zero-order valence-electron chi connectivity index (χ0n) is 15.5. The smallest absolute Gasteiger partial charge is 0.321 e. The van der Waals surface area contributed by atoms with E-state index in [1.54, 1.807) is 36.4 Å². The van der Waals surface area contributed by atoms with Crippen LogP contribution in [0.3, 0.4) is 0 Å². The summed E-state index contributed by atoms with van der Waals surface area (Å²) in [6, 6.07) is 13.8. The molecule has 0 radical (unpaired) electrons. The van der Waals surface area contributed by atoms with Crippen LogP contribution < -0.4 is 10.6 Å². The number of hydrogen-bond donors (Lipinski definition) is 2. The highest BCUT2D eigenvalue weighted by molar-refractivity contribution is 6.12. The van der Waals surface area contributed by atoms with Gasteiger partial charge in [0.05, 0.1) is 11.3 Å². The van der Waals surface area contributed by atoms with Gasteiger partial charge in [-0.3, -0.25) is 14.3 Å². The molecule has 150 valence electrons. The van der Waals surface area contributed by atoms with Crippen LogP contribution in [0.2, 0.25) is 0 Å². The van der Waals surface area contributed by atoms with Crippen LogP contribution in [0.15, 0.2) is 54.6 Å². The van der Waals surface area contributed by atoms with Crippen molar-refractivity contribution in [2.45, 2.75) is 13.1 Å². The Morgan fingerprint density at radius 2 is 1.62 bits per heavy atom. The summed E-state index contributed by atoms with van der Waals surface area (Å²) in [5.41, 5.74) is 0.621. The zero-order chi connectivity index (χ0) is 21.2. The second kappa shape index (κ2) is 7.78. The molecule has 3 rings (SSSR count). The van der Waals surface area contributed by atoms with Crippen LogP contribution in [0.25, 0.3) is 0 Å². The predicted molar refractivity (Wildman–Crippen MR) is 102 cm³/mol. The van der Waals surface area contributed by atoms with Gasteiger partial charge >= 0.3 is 6.18 Å². The van der Waals surface area contributed by atoms with Gasteiger partial charge in [0.1, 0.15) is 5.82 Å². The molecule has 0 unspecified atom stereocenters. The van der Waals surface area contributed by atoms with Crippen LogP contribution in [0.4, 0.5) is 24.7 Å². The molecule has 0 saturated carbocycles. The van der Waals surface area contributed by atoms with Crippen molar-refractivity contribution >= 4 is 23.3 Å². The normalized spacial score (nSPS) is 11.2. The summed E-state index contributed by atoms with van der Waals surface area (Å²) in [6.07, 6.45) is -4.62. The lowest BCUT2D eigenvalue weighted by Gasteiger charge is -2.11. The number of carbonyl (C=O) groups is 2. The van der Waals surface area contributed by atoms with Gasteiger partial charge in [-0.25, -0.2) is 0 Å². The second-order valence-corrected chi connectivity index (χ2v) is 6.36. The Morgan fingerprint density at radius 3 is 2.24 bits per heavy atom. The summed E-state index contributed by atoms with van der Waals surface area (Å²) >= 11 is 0. The number of rotatable bonds is 4. The Kier molecular flexibility index (Phi) is 5.40. The first kappa shape index (κ1) is 20.1. The van der Waals surface area contributed by atoms with Crippen molar-refractivity contribution in [1.82, 2.24) is 9.78 Å². The molecule has 3 aromatic rings. The fourth-order valence-corrected chi connectivity index (χ4v) is 2.60. The van der Waals surface area contributed by atoms with Gasteiger partial charge in [0.25, 0.3) is 11.8 Å². The lowest BCUT2D eigenvalue weighted by Crippen LogP contribution is -2.19. The summed E-state index contributed by atoms with van der Waals surface area (Å²) in [4.78, 5) is 25.1. The van der Waals surface area contributed by atoms with Crippen LogP contribution in [0, 0.1) is 6.92 Å². The van der Waals surface area contributed by atoms with E-state index in [2.05, 4.69) is 15.7 Å². The molecule has 6 nitrogen and oxygen atoms in total. The van der Waals surface area contributed by atoms with Crippen molar-refractivity contribution < 1.29 is 22.8 Å². The van der Waals surface area contributed by atoms with E-state index >= 15 is 0 Å². The highest BCUT2D eigenvalue weighted by atomic mass is 19.4. The Labute approximate surface area is 164 Å². The van der Waals surface area contributed by atoms with Crippen molar-refractivity contribution in [3.8, 4) is 0 Å². The van der Waals surface area contributed by atoms with Gasteiger partial charge in [-0.2, -0.15) is 18.3 Å². The third-order valence-electron chi connectivity index (χ3n) is 4.15. The maximum absolute atomic E-state index is 12.8. The van der Waals surface area contributed by atoms with Crippen molar-refractivity contribution in [1.29, 1.82) is 0 Å². The average Bonchev–Trinajstić information content (AvgIpc) is 3.03. The quantitative estimate of drug-likeness (QED) is 0.685. The minimum Gasteiger partial charge on any atom is -0.321 e. The molecule has 0 fully saturated rings. The van der Waals surface area contributed by atoms with Crippen molar-refractivity contribution in [2.75, 3.05) is 10.6 Å². The number of alkyl halides is 3. The number of aromatic nitrogens is 2. The molecule has 0 bridgehead atoms. The summed E-state index contributed by atoms with van der Waals surface area (Å²) in [7, 11) is 1.29. The summed E-state index contributed by atoms with van der Waals surface area (Å²) in [6.45, 7) is 1.89. The van der Waals surface area contributed by atoms with E-state index in [-0.39, 0.29) is 17.1 Å². The molecule has 29 heavy (non-hydrogen) atoms. The van der Waals surface area contributed by atoms with E-state index in [1.807, 2.05) is 6.92 Å². The average molecular weight is 402 g/mol. The maximum Gasteiger partial charge on any atom is 0.435 e. The number of hydrogen-bond acceptors (Lipinski definition) is 3. The maximum atomic E-state index is 12.8. The van der Waals surface area contributed by atoms with E-state index in [0.717, 1.165) is 16.3 Å². The Hall–Kier alpha value is -3.62. The topological polar surface area (TPSA) is 76.0 Å². The van der Waals surface area contributed by atoms with Gasteiger partial charge in [-0.05, 0) is 31.2 Å². The van der Waals surface area contributed by atoms with Crippen LogP contribution >= 0.6 is 0 Å². The number of nitrogens with zero attached hydrogens (tertiary/aromatic N) is 2. The Morgan fingerprint density at radius 1 is 0.966 bits per heavy atom. The van der Waals surface area contributed by atoms with E-state index in [1.165, 1.54) is 19.2 Å². The first-order valence-electron chi connectivity index (χ1n) is 8.55. The minimum absolute atomic E-state index is 0.0997. The number of para-hydroxylation sites is 1. The first-order chi connectivity index (χ1) is 13.6. The molecule has 2 aromatic carbocycles. The van der Waals surface area contributed by atoms with Gasteiger partial charge in [0.2, 0.25) is 0 Å². The van der Waals surface area contributed by atoms with E-state index < -0.39 is 23.7 Å². The van der Waals surface area contributed by atoms with Gasteiger partial charge in [0, 0.05) is 18.7 Å². The van der Waals surface area contributed by atoms with Crippen molar-refractivity contribution in [2.24, 2.45) is 7.05 Å². The molecule has 0 spiro atoms. The number of halogens is 3. The number of benzene rings is 2. The van der Waals surface area contributed by atoms with E-state index in [9.17, 15) is 22.8 Å². The number of carbonyl (C=O) groups excluding carboxylic acids is 2. The molecule has 2 N–H and O–H groups in total. The fourth-order valence-electron chi connectivity index (χ4n) is 2.60. The molecule has 0 aliphatic rings. The third-order valence-corrected chi connectivity index (χ3v) is 4.15. The van der Waals surface area contributed by atoms with Gasteiger partial charge in [-0.1, -0.05) is 29.8 Å². The van der Waals surface area contributed by atoms with Crippen LogP contribution in [0.5, 0.6) is 0 Å². The van der Waals surface area contributed by atoms with Crippen molar-refractivity contribution in [3.05, 3.63) is 77.0 Å². The van der Waals surface area contributed by atoms with Gasteiger partial charge < -0.3 is 10.6 Å². The lowest BCUT2D eigenvalue weighted by molar-refractivity contribution is -0.141. The first-order valence-corrected chi connectivity index (χ1v) is 8.55. The molecule has 0 aliphatic heterocycles. The highest BCUT2D eigenvalue weighted by Gasteiger charge is 2.34. The highest BCUT2D eigenvalue weighted by Crippen LogP contribution is 2.30. The van der Waals surface area contributed by atoms with Gasteiger partial charge in [-0.15, -0.1) is 0 Å². The molecule has 9 heteroatoms. The Balaban J connectivity index is 1.81. The summed E-state index contributed by atoms with van der Waals surface area (Å²) in [5.74, 6) is -1.21. The third kappa shape index (κ3) is 4.63. The van der Waals surface area contributed by atoms with Crippen molar-refractivity contribution in [3.63, 3.8) is 0 Å². The molecule has 0 saturated heterocycles. The molecular weight excluding hydrogens is 385 g/mol. The minimum atomic E-state index is -4.62. The molecule has 0 aliphatic carbocycles. The van der Waals surface area contributed by atoms with E-state index in [0.29, 0.717) is 5.56 Å². The van der Waals surface area contributed by atoms with Crippen LogP contribution in [-0.2, 0) is 13.2 Å². The predicted octanol–water partition coefficient (Wildman–Crippen LogP) is 4.25. The van der Waals surface area contributed by atoms with Crippen LogP contribution in [-0.4, -0.2) is 21.6 Å². The number of anilines is 2. The number of amides is 2. The molecule has 2 amide bonds. The molecule has 1 heterocycles. The number of nitrogens with one attached hydrogen (secondary N) is 2. The monoisotopic (exact) mass is 402 g/mol. The largest absolute Gasteiger partial charge is 0.435 e. The Bertz CT molecular complexity index is 1060. The summed E-state index contributed by atoms with van der Waals surface area (Å²) in [5, 5.41) is 8.40. The van der Waals surface area contributed by atoms with Crippen LogP contribution in [0.1, 0.15) is 32.0 Å².